The highest BCUT2D eigenvalue weighted by molar-refractivity contribution is 7.13. The smallest absolute Gasteiger partial charge is 0.270 e. The largest absolute Gasteiger partial charge is 0.379 e. The first-order valence-corrected chi connectivity index (χ1v) is 10.2. The Morgan fingerprint density at radius 3 is 2.78 bits per heavy atom. The van der Waals surface area contributed by atoms with Crippen molar-refractivity contribution >= 4 is 17.2 Å². The highest BCUT2D eigenvalue weighted by Crippen LogP contribution is 2.26. The third-order valence-electron chi connectivity index (χ3n) is 4.64. The maximum atomic E-state index is 13.9. The van der Waals surface area contributed by atoms with Crippen molar-refractivity contribution in [2.24, 2.45) is 5.92 Å². The van der Waals surface area contributed by atoms with Crippen LogP contribution in [0, 0.1) is 11.7 Å². The van der Waals surface area contributed by atoms with Gasteiger partial charge in [-0.1, -0.05) is 26.0 Å². The first-order chi connectivity index (χ1) is 13.0. The Hall–Kier alpha value is -1.83. The molecule has 0 saturated carbocycles. The van der Waals surface area contributed by atoms with Gasteiger partial charge in [0.1, 0.15) is 16.5 Å². The lowest BCUT2D eigenvalue weighted by Gasteiger charge is -2.35. The van der Waals surface area contributed by atoms with Gasteiger partial charge in [0.05, 0.1) is 13.2 Å². The van der Waals surface area contributed by atoms with Crippen LogP contribution >= 0.6 is 11.3 Å². The number of halogens is 1. The van der Waals surface area contributed by atoms with E-state index in [1.807, 2.05) is 0 Å². The van der Waals surface area contributed by atoms with Gasteiger partial charge >= 0.3 is 0 Å². The molecule has 1 atom stereocenters. The van der Waals surface area contributed by atoms with E-state index in [4.69, 9.17) is 4.74 Å². The SMILES string of the molecule is CC(C)CC(CNC(=O)c1csc(-c2ccccc2F)n1)N1CCOCC1. The van der Waals surface area contributed by atoms with Gasteiger partial charge in [-0.15, -0.1) is 11.3 Å². The van der Waals surface area contributed by atoms with Gasteiger partial charge in [0.2, 0.25) is 0 Å². The van der Waals surface area contributed by atoms with E-state index < -0.39 is 0 Å². The molecule has 0 bridgehead atoms. The average Bonchev–Trinajstić information content (AvgIpc) is 3.15. The quantitative estimate of drug-likeness (QED) is 0.786. The van der Waals surface area contributed by atoms with E-state index in [0.717, 1.165) is 32.7 Å². The number of amides is 1. The van der Waals surface area contributed by atoms with E-state index >= 15 is 0 Å². The Balaban J connectivity index is 1.63. The predicted octanol–water partition coefficient (Wildman–Crippen LogP) is 3.43. The molecule has 1 unspecified atom stereocenters. The molecule has 2 heterocycles. The Morgan fingerprint density at radius 1 is 1.33 bits per heavy atom. The Labute approximate surface area is 163 Å². The molecule has 1 fully saturated rings. The van der Waals surface area contributed by atoms with Crippen LogP contribution in [-0.4, -0.2) is 54.7 Å². The summed E-state index contributed by atoms with van der Waals surface area (Å²) in [5.41, 5.74) is 0.760. The minimum Gasteiger partial charge on any atom is -0.379 e. The molecule has 1 N–H and O–H groups in total. The van der Waals surface area contributed by atoms with Crippen molar-refractivity contribution in [3.63, 3.8) is 0 Å². The molecule has 27 heavy (non-hydrogen) atoms. The van der Waals surface area contributed by atoms with Crippen LogP contribution in [0.3, 0.4) is 0 Å². The van der Waals surface area contributed by atoms with E-state index in [9.17, 15) is 9.18 Å². The molecule has 1 aliphatic heterocycles. The lowest BCUT2D eigenvalue weighted by Crippen LogP contribution is -2.49. The molecular weight excluding hydrogens is 365 g/mol. The van der Waals surface area contributed by atoms with Gasteiger partial charge in [-0.05, 0) is 24.5 Å². The van der Waals surface area contributed by atoms with Crippen molar-refractivity contribution in [1.29, 1.82) is 0 Å². The Bertz CT molecular complexity index is 759. The van der Waals surface area contributed by atoms with Crippen molar-refractivity contribution in [3.05, 3.63) is 41.2 Å². The minimum atomic E-state index is -0.330. The number of hydrogen-bond donors (Lipinski definition) is 1. The van der Waals surface area contributed by atoms with Gasteiger partial charge in [-0.25, -0.2) is 9.37 Å². The van der Waals surface area contributed by atoms with Crippen LogP contribution in [0.4, 0.5) is 4.39 Å². The van der Waals surface area contributed by atoms with Gasteiger partial charge in [0.15, 0.2) is 0 Å². The van der Waals surface area contributed by atoms with Crippen molar-refractivity contribution in [2.45, 2.75) is 26.3 Å². The number of thiazole rings is 1. The summed E-state index contributed by atoms with van der Waals surface area (Å²) in [6, 6.07) is 6.75. The van der Waals surface area contributed by atoms with E-state index in [1.54, 1.807) is 23.6 Å². The van der Waals surface area contributed by atoms with Crippen LogP contribution in [0.1, 0.15) is 30.8 Å². The molecule has 1 amide bonds. The number of carbonyl (C=O) groups is 1. The summed E-state index contributed by atoms with van der Waals surface area (Å²) in [6.45, 7) is 8.21. The van der Waals surface area contributed by atoms with Crippen molar-refractivity contribution in [3.8, 4) is 10.6 Å². The maximum absolute atomic E-state index is 13.9. The molecule has 0 radical (unpaired) electrons. The minimum absolute atomic E-state index is 0.212. The van der Waals surface area contributed by atoms with E-state index in [2.05, 4.69) is 29.0 Å². The third kappa shape index (κ3) is 5.34. The summed E-state index contributed by atoms with van der Waals surface area (Å²) in [4.78, 5) is 19.3. The number of aromatic nitrogens is 1. The van der Waals surface area contributed by atoms with Crippen LogP contribution in [0.2, 0.25) is 0 Å². The lowest BCUT2D eigenvalue weighted by molar-refractivity contribution is 0.0124. The van der Waals surface area contributed by atoms with E-state index in [0.29, 0.717) is 28.7 Å². The van der Waals surface area contributed by atoms with Crippen LogP contribution in [0.15, 0.2) is 29.6 Å². The summed E-state index contributed by atoms with van der Waals surface area (Å²) in [5.74, 6) is 0.000607. The molecule has 5 nitrogen and oxygen atoms in total. The molecular formula is C20H26FN3O2S. The van der Waals surface area contributed by atoms with Crippen LogP contribution in [-0.2, 0) is 4.74 Å². The summed E-state index contributed by atoms with van der Waals surface area (Å²) in [6.07, 6.45) is 1.01. The molecule has 7 heteroatoms. The Kier molecular flexibility index (Phi) is 6.93. The molecule has 1 aliphatic rings. The molecule has 0 spiro atoms. The topological polar surface area (TPSA) is 54.5 Å². The number of carbonyl (C=O) groups excluding carboxylic acids is 1. The number of hydrogen-bond acceptors (Lipinski definition) is 5. The van der Waals surface area contributed by atoms with Gasteiger partial charge in [0, 0.05) is 36.6 Å². The van der Waals surface area contributed by atoms with Gasteiger partial charge < -0.3 is 10.1 Å². The summed E-state index contributed by atoms with van der Waals surface area (Å²) in [7, 11) is 0. The van der Waals surface area contributed by atoms with Crippen LogP contribution < -0.4 is 5.32 Å². The maximum Gasteiger partial charge on any atom is 0.270 e. The number of nitrogens with zero attached hydrogens (tertiary/aromatic N) is 2. The second kappa shape index (κ2) is 9.39. The first-order valence-electron chi connectivity index (χ1n) is 9.35. The Morgan fingerprint density at radius 2 is 2.07 bits per heavy atom. The number of morpholine rings is 1. The molecule has 0 aliphatic carbocycles. The second-order valence-corrected chi connectivity index (χ2v) is 8.02. The van der Waals surface area contributed by atoms with E-state index in [1.165, 1.54) is 17.4 Å². The highest BCUT2D eigenvalue weighted by Gasteiger charge is 2.23. The van der Waals surface area contributed by atoms with Crippen molar-refractivity contribution in [2.75, 3.05) is 32.8 Å². The van der Waals surface area contributed by atoms with Gasteiger partial charge in [-0.3, -0.25) is 9.69 Å². The number of ether oxygens (including phenoxy) is 1. The third-order valence-corrected chi connectivity index (χ3v) is 5.52. The summed E-state index contributed by atoms with van der Waals surface area (Å²) < 4.78 is 19.4. The van der Waals surface area contributed by atoms with Gasteiger partial charge in [-0.2, -0.15) is 0 Å². The zero-order valence-electron chi connectivity index (χ0n) is 15.8. The highest BCUT2D eigenvalue weighted by atomic mass is 32.1. The number of benzene rings is 1. The summed E-state index contributed by atoms with van der Waals surface area (Å²) >= 11 is 1.28. The number of nitrogens with one attached hydrogen (secondary N) is 1. The molecule has 1 saturated heterocycles. The first kappa shape index (κ1) is 19.9. The summed E-state index contributed by atoms with van der Waals surface area (Å²) in [5, 5.41) is 5.21. The molecule has 1 aromatic carbocycles. The number of rotatable bonds is 7. The van der Waals surface area contributed by atoms with Crippen molar-refractivity contribution in [1.82, 2.24) is 15.2 Å². The van der Waals surface area contributed by atoms with E-state index in [-0.39, 0.29) is 17.8 Å². The fourth-order valence-corrected chi connectivity index (χ4v) is 4.11. The van der Waals surface area contributed by atoms with Crippen LogP contribution in [0.5, 0.6) is 0 Å². The molecule has 2 aromatic rings. The normalized spacial score (nSPS) is 16.4. The molecule has 3 rings (SSSR count). The fraction of sp³-hybridized carbons (Fsp3) is 0.500. The van der Waals surface area contributed by atoms with Gasteiger partial charge in [0.25, 0.3) is 5.91 Å². The molecule has 1 aromatic heterocycles. The monoisotopic (exact) mass is 391 g/mol. The van der Waals surface area contributed by atoms with Crippen LogP contribution in [0.25, 0.3) is 10.6 Å². The standard InChI is InChI=1S/C20H26FN3O2S/c1-14(2)11-15(24-7-9-26-10-8-24)12-22-19(25)18-13-27-20(23-18)16-5-3-4-6-17(16)21/h3-6,13-15H,7-12H2,1-2H3,(H,22,25). The lowest BCUT2D eigenvalue weighted by atomic mass is 10.0. The molecule has 146 valence electrons. The second-order valence-electron chi connectivity index (χ2n) is 7.16. The van der Waals surface area contributed by atoms with Crippen molar-refractivity contribution < 1.29 is 13.9 Å². The fourth-order valence-electron chi connectivity index (χ4n) is 3.29. The zero-order chi connectivity index (χ0) is 19.2. The average molecular weight is 392 g/mol. The predicted molar refractivity (Wildman–Crippen MR) is 105 cm³/mol. The zero-order valence-corrected chi connectivity index (χ0v) is 16.6.